The van der Waals surface area contributed by atoms with Crippen molar-refractivity contribution in [2.24, 2.45) is 5.73 Å². The molecule has 0 bridgehead atoms. The Morgan fingerprint density at radius 1 is 1.17 bits per heavy atom. The van der Waals surface area contributed by atoms with Crippen LogP contribution in [0.15, 0.2) is 43.0 Å². The van der Waals surface area contributed by atoms with E-state index in [1.165, 1.54) is 0 Å². The summed E-state index contributed by atoms with van der Waals surface area (Å²) in [4.78, 5) is 4.05. The van der Waals surface area contributed by atoms with Crippen molar-refractivity contribution in [3.8, 4) is 11.4 Å². The van der Waals surface area contributed by atoms with Gasteiger partial charge >= 0.3 is 0 Å². The van der Waals surface area contributed by atoms with Gasteiger partial charge in [0.25, 0.3) is 0 Å². The third-order valence-corrected chi connectivity index (χ3v) is 2.75. The summed E-state index contributed by atoms with van der Waals surface area (Å²) >= 11 is 0. The topological polar surface area (TPSA) is 53.1 Å². The number of unbranched alkanes of at least 4 members (excludes halogenated alkanes) is 2. The number of nitrogens with two attached hydrogens (primary N) is 1. The number of rotatable bonds is 7. The van der Waals surface area contributed by atoms with E-state index in [1.807, 2.05) is 35.0 Å². The van der Waals surface area contributed by atoms with Crippen molar-refractivity contribution in [3.63, 3.8) is 0 Å². The van der Waals surface area contributed by atoms with Gasteiger partial charge in [-0.3, -0.25) is 0 Å². The van der Waals surface area contributed by atoms with Gasteiger partial charge < -0.3 is 15.0 Å². The third-order valence-electron chi connectivity index (χ3n) is 2.75. The highest BCUT2D eigenvalue weighted by atomic mass is 16.5. The van der Waals surface area contributed by atoms with Crippen molar-refractivity contribution >= 4 is 0 Å². The highest BCUT2D eigenvalue weighted by molar-refractivity contribution is 5.46. The molecule has 0 atom stereocenters. The number of aromatic nitrogens is 2. The number of benzene rings is 1. The van der Waals surface area contributed by atoms with Gasteiger partial charge in [-0.2, -0.15) is 0 Å². The minimum atomic E-state index is 0.728. The molecular formula is C14H19N3O. The lowest BCUT2D eigenvalue weighted by Crippen LogP contribution is -2.03. The van der Waals surface area contributed by atoms with Crippen LogP contribution in [0.3, 0.4) is 0 Å². The number of imidazole rings is 1. The zero-order chi connectivity index (χ0) is 12.6. The van der Waals surface area contributed by atoms with E-state index in [-0.39, 0.29) is 0 Å². The zero-order valence-electron chi connectivity index (χ0n) is 10.5. The quantitative estimate of drug-likeness (QED) is 0.762. The first-order valence-electron chi connectivity index (χ1n) is 6.32. The molecule has 96 valence electrons. The van der Waals surface area contributed by atoms with Crippen LogP contribution in [-0.4, -0.2) is 22.7 Å². The molecule has 2 aromatic rings. The molecule has 0 fully saturated rings. The van der Waals surface area contributed by atoms with Crippen LogP contribution in [0, 0.1) is 0 Å². The molecule has 1 aromatic carbocycles. The van der Waals surface area contributed by atoms with Crippen LogP contribution in [0.1, 0.15) is 19.3 Å². The zero-order valence-corrected chi connectivity index (χ0v) is 10.5. The maximum absolute atomic E-state index is 5.82. The van der Waals surface area contributed by atoms with Gasteiger partial charge in [0.2, 0.25) is 0 Å². The third kappa shape index (κ3) is 3.34. The van der Waals surface area contributed by atoms with Gasteiger partial charge in [0.1, 0.15) is 5.75 Å². The van der Waals surface area contributed by atoms with Crippen molar-refractivity contribution in [1.82, 2.24) is 9.55 Å². The summed E-state index contributed by atoms with van der Waals surface area (Å²) in [5.74, 6) is 0.892. The van der Waals surface area contributed by atoms with Crippen LogP contribution < -0.4 is 10.5 Å². The molecule has 4 nitrogen and oxygen atoms in total. The molecule has 1 aromatic heterocycles. The van der Waals surface area contributed by atoms with E-state index in [0.717, 1.165) is 43.9 Å². The molecule has 0 aliphatic heterocycles. The minimum Gasteiger partial charge on any atom is -0.491 e. The molecule has 4 heteroatoms. The highest BCUT2D eigenvalue weighted by Gasteiger charge is 2.04. The first-order chi connectivity index (χ1) is 8.92. The molecule has 0 radical (unpaired) electrons. The summed E-state index contributed by atoms with van der Waals surface area (Å²) in [6.45, 7) is 1.48. The molecular weight excluding hydrogens is 226 g/mol. The SMILES string of the molecule is NCCCCCOc1ccccc1-n1ccnc1. The van der Waals surface area contributed by atoms with Gasteiger partial charge in [0.15, 0.2) is 0 Å². The van der Waals surface area contributed by atoms with E-state index in [0.29, 0.717) is 0 Å². The van der Waals surface area contributed by atoms with E-state index < -0.39 is 0 Å². The summed E-state index contributed by atoms with van der Waals surface area (Å²) in [6.07, 6.45) is 8.66. The average molecular weight is 245 g/mol. The summed E-state index contributed by atoms with van der Waals surface area (Å²) in [5.41, 5.74) is 6.48. The van der Waals surface area contributed by atoms with Crippen molar-refractivity contribution in [2.75, 3.05) is 13.2 Å². The number of nitrogens with zero attached hydrogens (tertiary/aromatic N) is 2. The van der Waals surface area contributed by atoms with Crippen LogP contribution in [0.25, 0.3) is 5.69 Å². The predicted molar refractivity (Wildman–Crippen MR) is 72.0 cm³/mol. The molecule has 2 rings (SSSR count). The Hall–Kier alpha value is -1.81. The van der Waals surface area contributed by atoms with Crippen molar-refractivity contribution in [2.45, 2.75) is 19.3 Å². The Kier molecular flexibility index (Phi) is 4.78. The van der Waals surface area contributed by atoms with Crippen molar-refractivity contribution in [3.05, 3.63) is 43.0 Å². The van der Waals surface area contributed by atoms with Gasteiger partial charge in [-0.25, -0.2) is 4.98 Å². The van der Waals surface area contributed by atoms with Crippen LogP contribution in [0.5, 0.6) is 5.75 Å². The van der Waals surface area contributed by atoms with Gasteiger partial charge in [-0.15, -0.1) is 0 Å². The van der Waals surface area contributed by atoms with E-state index in [4.69, 9.17) is 10.5 Å². The normalized spacial score (nSPS) is 10.5. The fraction of sp³-hybridized carbons (Fsp3) is 0.357. The Balaban J connectivity index is 1.96. The molecule has 2 N–H and O–H groups in total. The number of hydrogen-bond donors (Lipinski definition) is 1. The van der Waals surface area contributed by atoms with Gasteiger partial charge in [0, 0.05) is 12.4 Å². The molecule has 18 heavy (non-hydrogen) atoms. The lowest BCUT2D eigenvalue weighted by atomic mass is 10.2. The van der Waals surface area contributed by atoms with Gasteiger partial charge in [-0.1, -0.05) is 12.1 Å². The number of hydrogen-bond acceptors (Lipinski definition) is 3. The molecule has 0 spiro atoms. The first-order valence-corrected chi connectivity index (χ1v) is 6.32. The second kappa shape index (κ2) is 6.81. The Labute approximate surface area is 107 Å². The maximum Gasteiger partial charge on any atom is 0.143 e. The van der Waals surface area contributed by atoms with E-state index >= 15 is 0 Å². The van der Waals surface area contributed by atoms with E-state index in [2.05, 4.69) is 4.98 Å². The predicted octanol–water partition coefficient (Wildman–Crippen LogP) is 2.38. The summed E-state index contributed by atoms with van der Waals surface area (Å²) in [5, 5.41) is 0. The monoisotopic (exact) mass is 245 g/mol. The van der Waals surface area contributed by atoms with E-state index in [9.17, 15) is 0 Å². The van der Waals surface area contributed by atoms with Crippen LogP contribution in [0.2, 0.25) is 0 Å². The second-order valence-corrected chi connectivity index (χ2v) is 4.14. The largest absolute Gasteiger partial charge is 0.491 e. The molecule has 0 aliphatic rings. The minimum absolute atomic E-state index is 0.728. The van der Waals surface area contributed by atoms with Crippen LogP contribution >= 0.6 is 0 Å². The average Bonchev–Trinajstić information content (AvgIpc) is 2.93. The fourth-order valence-corrected chi connectivity index (χ4v) is 1.80. The highest BCUT2D eigenvalue weighted by Crippen LogP contribution is 2.22. The first kappa shape index (κ1) is 12.6. The summed E-state index contributed by atoms with van der Waals surface area (Å²) in [6, 6.07) is 7.99. The lowest BCUT2D eigenvalue weighted by molar-refractivity contribution is 0.305. The molecule has 0 saturated carbocycles. The van der Waals surface area contributed by atoms with Gasteiger partial charge in [-0.05, 0) is 37.9 Å². The molecule has 1 heterocycles. The molecule has 0 unspecified atom stereocenters. The van der Waals surface area contributed by atoms with E-state index in [1.54, 1.807) is 12.5 Å². The molecule has 0 aliphatic carbocycles. The van der Waals surface area contributed by atoms with Gasteiger partial charge in [0.05, 0.1) is 18.6 Å². The summed E-state index contributed by atoms with van der Waals surface area (Å²) < 4.78 is 7.77. The van der Waals surface area contributed by atoms with Crippen molar-refractivity contribution in [1.29, 1.82) is 0 Å². The Morgan fingerprint density at radius 3 is 2.83 bits per heavy atom. The standard InChI is InChI=1S/C14H19N3O/c15-8-4-1-5-11-18-14-7-3-2-6-13(14)17-10-9-16-12-17/h2-3,6-7,9-10,12H,1,4-5,8,11,15H2. The van der Waals surface area contributed by atoms with Crippen molar-refractivity contribution < 1.29 is 4.74 Å². The number of para-hydroxylation sites is 2. The van der Waals surface area contributed by atoms with Crippen LogP contribution in [0.4, 0.5) is 0 Å². The Morgan fingerprint density at radius 2 is 2.06 bits per heavy atom. The van der Waals surface area contributed by atoms with Crippen LogP contribution in [-0.2, 0) is 0 Å². The Bertz CT molecular complexity index is 454. The second-order valence-electron chi connectivity index (χ2n) is 4.14. The number of ether oxygens (including phenoxy) is 1. The molecule has 0 amide bonds. The smallest absolute Gasteiger partial charge is 0.143 e. The fourth-order valence-electron chi connectivity index (χ4n) is 1.80. The summed E-state index contributed by atoms with van der Waals surface area (Å²) in [7, 11) is 0. The lowest BCUT2D eigenvalue weighted by Gasteiger charge is -2.11. The maximum atomic E-state index is 5.82. The molecule has 0 saturated heterocycles.